The molecule has 2 aromatic rings. The molecule has 0 unspecified atom stereocenters. The lowest BCUT2D eigenvalue weighted by molar-refractivity contribution is 0.0993. The lowest BCUT2D eigenvalue weighted by atomic mass is 10.0. The first kappa shape index (κ1) is 12.0. The number of hydrogen-bond donors (Lipinski definition) is 0. The van der Waals surface area contributed by atoms with Gasteiger partial charge in [-0.25, -0.2) is 4.39 Å². The number of carbonyl (C=O) groups excluding carboxylic acids is 1. The average molecular weight is 293 g/mol. The lowest BCUT2D eigenvalue weighted by Gasteiger charge is -2.02. The number of carbonyl (C=O) groups is 1. The van der Waals surface area contributed by atoms with Gasteiger partial charge in [-0.2, -0.15) is 0 Å². The van der Waals surface area contributed by atoms with Crippen molar-refractivity contribution < 1.29 is 9.18 Å². The highest BCUT2D eigenvalue weighted by atomic mass is 79.9. The van der Waals surface area contributed by atoms with Crippen LogP contribution in [0.4, 0.5) is 4.39 Å². The summed E-state index contributed by atoms with van der Waals surface area (Å²) in [5.74, 6) is -0.325. The first-order valence-corrected chi connectivity index (χ1v) is 5.97. The highest BCUT2D eigenvalue weighted by Gasteiger charge is 2.07. The largest absolute Gasteiger partial charge is 0.294 e. The van der Waals surface area contributed by atoms with Crippen LogP contribution in [0.15, 0.2) is 53.0 Å². The molecule has 1 nitrogen and oxygen atoms in total. The summed E-state index contributed by atoms with van der Waals surface area (Å²) in [5.41, 5.74) is 1.33. The molecule has 0 fully saturated rings. The molecule has 0 aliphatic rings. The Morgan fingerprint density at radius 2 is 1.82 bits per heavy atom. The van der Waals surface area contributed by atoms with Crippen molar-refractivity contribution in [3.05, 3.63) is 69.9 Å². The van der Waals surface area contributed by atoms with Gasteiger partial charge in [0.1, 0.15) is 5.82 Å². The van der Waals surface area contributed by atoms with Crippen molar-refractivity contribution in [2.75, 3.05) is 0 Å². The number of hydrogen-bond acceptors (Lipinski definition) is 1. The maximum Gasteiger partial charge on any atom is 0.167 e. The molecule has 0 aliphatic heterocycles. The Balaban J connectivity index is 2.14. The van der Waals surface area contributed by atoms with Crippen LogP contribution in [0.5, 0.6) is 0 Å². The van der Waals surface area contributed by atoms with Crippen LogP contribution in [0.3, 0.4) is 0 Å². The Morgan fingerprint density at radius 1 is 1.12 bits per heavy atom. The second-order valence-corrected chi connectivity index (χ2v) is 4.65. The summed E-state index contributed by atoms with van der Waals surface area (Å²) >= 11 is 3.31. The molecule has 0 heterocycles. The van der Waals surface area contributed by atoms with Crippen molar-refractivity contribution in [3.8, 4) is 0 Å². The zero-order valence-electron chi connectivity index (χ0n) is 8.99. The summed E-state index contributed by atoms with van der Waals surface area (Å²) < 4.78 is 13.9. The van der Waals surface area contributed by atoms with Crippen LogP contribution in [0.1, 0.15) is 15.9 Å². The topological polar surface area (TPSA) is 17.1 Å². The number of rotatable bonds is 3. The fourth-order valence-electron chi connectivity index (χ4n) is 1.57. The molecule has 0 spiro atoms. The molecule has 0 saturated carbocycles. The van der Waals surface area contributed by atoms with Gasteiger partial charge < -0.3 is 0 Å². The van der Waals surface area contributed by atoms with Gasteiger partial charge in [-0.05, 0) is 29.8 Å². The first-order chi connectivity index (χ1) is 8.15. The second kappa shape index (κ2) is 5.23. The molecule has 0 amide bonds. The van der Waals surface area contributed by atoms with Gasteiger partial charge in [-0.3, -0.25) is 4.79 Å². The summed E-state index contributed by atoms with van der Waals surface area (Å²) in [7, 11) is 0. The van der Waals surface area contributed by atoms with Gasteiger partial charge in [0.15, 0.2) is 5.78 Å². The summed E-state index contributed by atoms with van der Waals surface area (Å²) in [6.07, 6.45) is 0.222. The molecule has 2 aromatic carbocycles. The van der Waals surface area contributed by atoms with E-state index >= 15 is 0 Å². The lowest BCUT2D eigenvalue weighted by Crippen LogP contribution is -2.03. The van der Waals surface area contributed by atoms with Crippen molar-refractivity contribution in [1.29, 1.82) is 0 Å². The molecule has 3 heteroatoms. The van der Waals surface area contributed by atoms with Crippen molar-refractivity contribution in [1.82, 2.24) is 0 Å². The molecule has 0 N–H and O–H groups in total. The van der Waals surface area contributed by atoms with E-state index in [9.17, 15) is 9.18 Å². The summed E-state index contributed by atoms with van der Waals surface area (Å²) in [6.45, 7) is 0. The molecule has 86 valence electrons. The summed E-state index contributed by atoms with van der Waals surface area (Å²) in [4.78, 5) is 11.9. The first-order valence-electron chi connectivity index (χ1n) is 5.18. The molecule has 0 atom stereocenters. The third-order valence-corrected chi connectivity index (χ3v) is 2.95. The van der Waals surface area contributed by atoms with E-state index in [0.29, 0.717) is 11.1 Å². The van der Waals surface area contributed by atoms with Crippen LogP contribution in [0.25, 0.3) is 0 Å². The van der Waals surface area contributed by atoms with E-state index < -0.39 is 0 Å². The van der Waals surface area contributed by atoms with Gasteiger partial charge in [0.05, 0.1) is 0 Å². The van der Waals surface area contributed by atoms with Gasteiger partial charge in [-0.15, -0.1) is 0 Å². The third kappa shape index (κ3) is 3.24. The normalized spacial score (nSPS) is 10.2. The molecule has 0 aromatic heterocycles. The van der Waals surface area contributed by atoms with Crippen LogP contribution < -0.4 is 0 Å². The van der Waals surface area contributed by atoms with Gasteiger partial charge in [0.2, 0.25) is 0 Å². The predicted molar refractivity (Wildman–Crippen MR) is 68.6 cm³/mol. The van der Waals surface area contributed by atoms with Crippen LogP contribution in [0, 0.1) is 5.82 Å². The molecule has 2 rings (SSSR count). The molecule has 0 saturated heterocycles. The van der Waals surface area contributed by atoms with E-state index in [1.54, 1.807) is 24.3 Å². The molecule has 17 heavy (non-hydrogen) atoms. The van der Waals surface area contributed by atoms with Crippen molar-refractivity contribution in [2.45, 2.75) is 6.42 Å². The SMILES string of the molecule is O=C(Cc1cccc(F)c1)c1ccc(Br)cc1. The van der Waals surface area contributed by atoms with E-state index in [1.807, 2.05) is 12.1 Å². The zero-order valence-corrected chi connectivity index (χ0v) is 10.6. The smallest absolute Gasteiger partial charge is 0.167 e. The van der Waals surface area contributed by atoms with Gasteiger partial charge >= 0.3 is 0 Å². The van der Waals surface area contributed by atoms with Gasteiger partial charge in [-0.1, -0.05) is 40.2 Å². The number of halogens is 2. The maximum absolute atomic E-state index is 13.0. The molecule has 0 radical (unpaired) electrons. The van der Waals surface area contributed by atoms with Crippen LogP contribution >= 0.6 is 15.9 Å². The van der Waals surface area contributed by atoms with Gasteiger partial charge in [0.25, 0.3) is 0 Å². The monoisotopic (exact) mass is 292 g/mol. The Hall–Kier alpha value is -1.48. The minimum atomic E-state index is -0.314. The van der Waals surface area contributed by atoms with Gasteiger partial charge in [0, 0.05) is 16.5 Å². The second-order valence-electron chi connectivity index (χ2n) is 3.74. The van der Waals surface area contributed by atoms with Crippen molar-refractivity contribution >= 4 is 21.7 Å². The Morgan fingerprint density at radius 3 is 2.47 bits per heavy atom. The summed E-state index contributed by atoms with van der Waals surface area (Å²) in [5, 5.41) is 0. The van der Waals surface area contributed by atoms with Crippen LogP contribution in [0.2, 0.25) is 0 Å². The number of ketones is 1. The zero-order chi connectivity index (χ0) is 12.3. The average Bonchev–Trinajstić information content (AvgIpc) is 2.29. The van der Waals surface area contributed by atoms with Crippen LogP contribution in [-0.4, -0.2) is 5.78 Å². The van der Waals surface area contributed by atoms with E-state index in [1.165, 1.54) is 12.1 Å². The van der Waals surface area contributed by atoms with Crippen LogP contribution in [-0.2, 0) is 6.42 Å². The third-order valence-electron chi connectivity index (χ3n) is 2.42. The quantitative estimate of drug-likeness (QED) is 0.781. The molecule has 0 aliphatic carbocycles. The Labute approximate surface area is 107 Å². The molecule has 0 bridgehead atoms. The highest BCUT2D eigenvalue weighted by Crippen LogP contribution is 2.13. The van der Waals surface area contributed by atoms with E-state index in [0.717, 1.165) is 4.47 Å². The summed E-state index contributed by atoms with van der Waals surface area (Å²) in [6, 6.07) is 13.3. The highest BCUT2D eigenvalue weighted by molar-refractivity contribution is 9.10. The number of benzene rings is 2. The minimum absolute atomic E-state index is 0.0110. The van der Waals surface area contributed by atoms with E-state index in [-0.39, 0.29) is 18.0 Å². The number of Topliss-reactive ketones (excluding diaryl/α,β-unsaturated/α-hetero) is 1. The maximum atomic E-state index is 13.0. The fraction of sp³-hybridized carbons (Fsp3) is 0.0714. The van der Waals surface area contributed by atoms with Crippen molar-refractivity contribution in [3.63, 3.8) is 0 Å². The molecular formula is C14H10BrFO. The van der Waals surface area contributed by atoms with E-state index in [4.69, 9.17) is 0 Å². The standard InChI is InChI=1S/C14H10BrFO/c15-12-6-4-11(5-7-12)14(17)9-10-2-1-3-13(16)8-10/h1-8H,9H2. The Kier molecular flexibility index (Phi) is 3.69. The fourth-order valence-corrected chi connectivity index (χ4v) is 1.83. The molecular weight excluding hydrogens is 283 g/mol. The van der Waals surface area contributed by atoms with E-state index in [2.05, 4.69) is 15.9 Å². The Bertz CT molecular complexity index is 534. The van der Waals surface area contributed by atoms with Crippen molar-refractivity contribution in [2.24, 2.45) is 0 Å². The predicted octanol–water partition coefficient (Wildman–Crippen LogP) is 4.01. The minimum Gasteiger partial charge on any atom is -0.294 e.